The molecule has 0 spiro atoms. The smallest absolute Gasteiger partial charge is 0.186 e. The number of rotatable bonds is 0. The molecular weight excluding hydrogens is 194 g/mol. The molecule has 3 rings (SSSR count). The van der Waals surface area contributed by atoms with Gasteiger partial charge in [0.2, 0.25) is 0 Å². The number of hydrogen-bond acceptors (Lipinski definition) is 2. The van der Waals surface area contributed by atoms with E-state index in [0.717, 1.165) is 24.2 Å². The Bertz CT molecular complexity index is 211. The maximum absolute atomic E-state index is 2.76. The second kappa shape index (κ2) is 4.38. The van der Waals surface area contributed by atoms with Gasteiger partial charge in [-0.2, -0.15) is 0 Å². The van der Waals surface area contributed by atoms with Crippen LogP contribution in [0.5, 0.6) is 0 Å². The van der Waals surface area contributed by atoms with E-state index in [2.05, 4.69) is 25.6 Å². The number of hydrogen-bond donors (Lipinski definition) is 0. The molecule has 3 fully saturated rings. The second-order valence-corrected chi connectivity index (χ2v) is 6.17. The Morgan fingerprint density at radius 2 is 0.812 bits per heavy atom. The summed E-state index contributed by atoms with van der Waals surface area (Å²) in [6.07, 6.45) is 11.6. The highest BCUT2D eigenvalue weighted by Gasteiger charge is 2.44. The molecule has 16 heavy (non-hydrogen) atoms. The Hall–Kier alpha value is 0.0499. The van der Waals surface area contributed by atoms with Gasteiger partial charge in [0.05, 0.1) is 0 Å². The van der Waals surface area contributed by atoms with Gasteiger partial charge < -0.3 is 9.62 Å². The number of piperazine rings is 1. The van der Waals surface area contributed by atoms with Crippen molar-refractivity contribution in [1.29, 1.82) is 0 Å². The Kier molecular flexibility index (Phi) is 3.05. The molecule has 0 aromatic heterocycles. The Balaban J connectivity index is 1.83. The first kappa shape index (κ1) is 11.2. The van der Waals surface area contributed by atoms with Crippen LogP contribution in [0.25, 0.3) is 0 Å². The van der Waals surface area contributed by atoms with Crippen LogP contribution in [0.3, 0.4) is 0 Å². The summed E-state index contributed by atoms with van der Waals surface area (Å²) in [5.41, 5.74) is 0. The standard InChI is InChI=1S/C12H24B2N2/c13-15-9-5-1-2-6-10(9)16(14)12-8-4-3-7-11(12)15/h9-12H,1-8,13-14H2. The lowest BCUT2D eigenvalue weighted by atomic mass is 9.74. The highest BCUT2D eigenvalue weighted by molar-refractivity contribution is 6.07. The fourth-order valence-corrected chi connectivity index (χ4v) is 4.58. The highest BCUT2D eigenvalue weighted by atomic mass is 15.3. The predicted molar refractivity (Wildman–Crippen MR) is 72.9 cm³/mol. The van der Waals surface area contributed by atoms with Crippen molar-refractivity contribution in [2.45, 2.75) is 75.5 Å². The minimum atomic E-state index is 0.859. The van der Waals surface area contributed by atoms with Crippen molar-refractivity contribution in [2.75, 3.05) is 0 Å². The molecule has 4 unspecified atom stereocenters. The minimum absolute atomic E-state index is 0.859. The molecule has 4 heteroatoms. The molecular formula is C12H24B2N2. The summed E-state index contributed by atoms with van der Waals surface area (Å²) >= 11 is 0. The van der Waals surface area contributed by atoms with Gasteiger partial charge in [-0.1, -0.05) is 25.7 Å². The fraction of sp³-hybridized carbons (Fsp3) is 1.00. The monoisotopic (exact) mass is 218 g/mol. The molecule has 0 amide bonds. The lowest BCUT2D eigenvalue weighted by Gasteiger charge is -2.58. The van der Waals surface area contributed by atoms with Gasteiger partial charge in [0.1, 0.15) is 0 Å². The van der Waals surface area contributed by atoms with Crippen LogP contribution >= 0.6 is 0 Å². The average molecular weight is 218 g/mol. The van der Waals surface area contributed by atoms with Gasteiger partial charge in [-0.05, 0) is 25.7 Å². The van der Waals surface area contributed by atoms with Crippen molar-refractivity contribution >= 4 is 16.0 Å². The molecule has 88 valence electrons. The van der Waals surface area contributed by atoms with Gasteiger partial charge in [0.25, 0.3) is 0 Å². The number of nitrogens with zero attached hydrogens (tertiary/aromatic N) is 2. The number of fused-ring (bicyclic) bond motifs is 2. The first-order valence-corrected chi connectivity index (χ1v) is 7.23. The van der Waals surface area contributed by atoms with Crippen molar-refractivity contribution in [1.82, 2.24) is 9.62 Å². The van der Waals surface area contributed by atoms with Crippen LogP contribution in [0, 0.1) is 0 Å². The summed E-state index contributed by atoms with van der Waals surface area (Å²) in [7, 11) is 4.80. The summed E-state index contributed by atoms with van der Waals surface area (Å²) in [6, 6.07) is 3.44. The maximum atomic E-state index is 2.76. The quantitative estimate of drug-likeness (QED) is 0.540. The molecule has 0 bridgehead atoms. The van der Waals surface area contributed by atoms with Crippen molar-refractivity contribution in [2.24, 2.45) is 0 Å². The molecule has 0 radical (unpaired) electrons. The molecule has 4 atom stereocenters. The molecule has 0 aromatic rings. The van der Waals surface area contributed by atoms with Gasteiger partial charge in [-0.3, -0.25) is 0 Å². The van der Waals surface area contributed by atoms with E-state index in [4.69, 9.17) is 0 Å². The van der Waals surface area contributed by atoms with Crippen molar-refractivity contribution in [3.05, 3.63) is 0 Å². The van der Waals surface area contributed by atoms with Crippen LogP contribution in [0.4, 0.5) is 0 Å². The van der Waals surface area contributed by atoms with E-state index in [1.54, 1.807) is 0 Å². The topological polar surface area (TPSA) is 6.48 Å². The van der Waals surface area contributed by atoms with Crippen molar-refractivity contribution < 1.29 is 0 Å². The molecule has 3 aliphatic rings. The van der Waals surface area contributed by atoms with E-state index in [1.165, 1.54) is 51.4 Å². The van der Waals surface area contributed by atoms with Gasteiger partial charge >= 0.3 is 0 Å². The van der Waals surface area contributed by atoms with Crippen LogP contribution in [-0.2, 0) is 0 Å². The zero-order valence-corrected chi connectivity index (χ0v) is 10.9. The highest BCUT2D eigenvalue weighted by Crippen LogP contribution is 2.38. The van der Waals surface area contributed by atoms with E-state index in [0.29, 0.717) is 0 Å². The summed E-state index contributed by atoms with van der Waals surface area (Å²) in [6.45, 7) is 0. The zero-order valence-electron chi connectivity index (χ0n) is 10.9. The van der Waals surface area contributed by atoms with Crippen LogP contribution in [-0.4, -0.2) is 49.8 Å². The lowest BCUT2D eigenvalue weighted by Crippen LogP contribution is -2.68. The van der Waals surface area contributed by atoms with Crippen molar-refractivity contribution in [3.63, 3.8) is 0 Å². The molecule has 0 N–H and O–H groups in total. The summed E-state index contributed by atoms with van der Waals surface area (Å²) in [5, 5.41) is 0. The van der Waals surface area contributed by atoms with Crippen molar-refractivity contribution in [3.8, 4) is 0 Å². The first-order valence-electron chi connectivity index (χ1n) is 7.23. The Labute approximate surface area is 102 Å². The Morgan fingerprint density at radius 1 is 0.562 bits per heavy atom. The van der Waals surface area contributed by atoms with Gasteiger partial charge in [0, 0.05) is 24.2 Å². The molecule has 1 saturated heterocycles. The van der Waals surface area contributed by atoms with E-state index < -0.39 is 0 Å². The molecule has 0 aromatic carbocycles. The third-order valence-corrected chi connectivity index (χ3v) is 5.48. The van der Waals surface area contributed by atoms with E-state index >= 15 is 0 Å². The molecule has 2 aliphatic carbocycles. The lowest BCUT2D eigenvalue weighted by molar-refractivity contribution is -0.00514. The largest absolute Gasteiger partial charge is 0.341 e. The van der Waals surface area contributed by atoms with E-state index in [-0.39, 0.29) is 0 Å². The van der Waals surface area contributed by atoms with Crippen LogP contribution in [0.15, 0.2) is 0 Å². The van der Waals surface area contributed by atoms with E-state index in [1.807, 2.05) is 0 Å². The first-order chi connectivity index (χ1) is 7.79. The summed E-state index contributed by atoms with van der Waals surface area (Å²) < 4.78 is 0. The zero-order chi connectivity index (χ0) is 11.1. The van der Waals surface area contributed by atoms with Crippen LogP contribution in [0.2, 0.25) is 0 Å². The molecule has 1 heterocycles. The third kappa shape index (κ3) is 1.65. The van der Waals surface area contributed by atoms with Gasteiger partial charge in [-0.15, -0.1) is 0 Å². The molecule has 2 nitrogen and oxygen atoms in total. The van der Waals surface area contributed by atoms with Crippen LogP contribution < -0.4 is 0 Å². The summed E-state index contributed by atoms with van der Waals surface area (Å²) in [5.74, 6) is 0. The maximum Gasteiger partial charge on any atom is 0.186 e. The minimum Gasteiger partial charge on any atom is -0.341 e. The third-order valence-electron chi connectivity index (χ3n) is 5.48. The normalized spacial score (nSPS) is 46.0. The second-order valence-electron chi connectivity index (χ2n) is 6.17. The van der Waals surface area contributed by atoms with Crippen LogP contribution in [0.1, 0.15) is 51.4 Å². The molecule has 2 saturated carbocycles. The fourth-order valence-electron chi connectivity index (χ4n) is 4.58. The van der Waals surface area contributed by atoms with Gasteiger partial charge in [0.15, 0.2) is 16.0 Å². The SMILES string of the molecule is BN1C2CCCCC2N(B)C2CCCCC21. The predicted octanol–water partition coefficient (Wildman–Crippen LogP) is 0.323. The van der Waals surface area contributed by atoms with Gasteiger partial charge in [-0.25, -0.2) is 0 Å². The molecule has 1 aliphatic heterocycles. The van der Waals surface area contributed by atoms with E-state index in [9.17, 15) is 0 Å². The Morgan fingerprint density at radius 3 is 1.06 bits per heavy atom. The summed E-state index contributed by atoms with van der Waals surface area (Å²) in [4.78, 5) is 5.52. The average Bonchev–Trinajstić information content (AvgIpc) is 2.36.